The van der Waals surface area contributed by atoms with Gasteiger partial charge in [-0.15, -0.1) is 21.5 Å². The maximum absolute atomic E-state index is 5.62. The number of nitrogens with two attached hydrogens (primary N) is 1. The number of hydrogen-bond donors (Lipinski definition) is 1. The highest BCUT2D eigenvalue weighted by Gasteiger charge is 2.17. The van der Waals surface area contributed by atoms with Gasteiger partial charge in [0.25, 0.3) is 0 Å². The van der Waals surface area contributed by atoms with E-state index in [2.05, 4.69) is 20.3 Å². The molecule has 0 bridgehead atoms. The predicted octanol–water partition coefficient (Wildman–Crippen LogP) is 1.22. The summed E-state index contributed by atoms with van der Waals surface area (Å²) in [6, 6.07) is 0. The first-order chi connectivity index (χ1) is 9.22. The Bertz CT molecular complexity index is 715. The normalized spacial score (nSPS) is 11.5. The van der Waals surface area contributed by atoms with E-state index in [4.69, 9.17) is 10.5 Å². The van der Waals surface area contributed by atoms with Crippen LogP contribution in [0.25, 0.3) is 14.8 Å². The van der Waals surface area contributed by atoms with E-state index in [1.54, 1.807) is 23.0 Å². The van der Waals surface area contributed by atoms with Gasteiger partial charge in [0.1, 0.15) is 11.6 Å². The lowest BCUT2D eigenvalue weighted by atomic mass is 10.4. The van der Waals surface area contributed by atoms with Crippen molar-refractivity contribution in [3.8, 4) is 9.88 Å². The molecule has 2 N–H and O–H groups in total. The van der Waals surface area contributed by atoms with Crippen LogP contribution in [0.4, 0.5) is 0 Å². The van der Waals surface area contributed by atoms with E-state index < -0.39 is 0 Å². The first-order valence-electron chi connectivity index (χ1n) is 5.59. The summed E-state index contributed by atoms with van der Waals surface area (Å²) in [6.45, 7) is 2.80. The molecule has 100 valence electrons. The Labute approximate surface area is 117 Å². The molecule has 0 aliphatic carbocycles. The molecule has 3 aromatic rings. The van der Waals surface area contributed by atoms with Crippen molar-refractivity contribution >= 4 is 27.6 Å². The second-order valence-electron chi connectivity index (χ2n) is 3.88. The zero-order valence-electron chi connectivity index (χ0n) is 10.5. The smallest absolute Gasteiger partial charge is 0.235 e. The highest BCUT2D eigenvalue weighted by atomic mass is 32.1. The van der Waals surface area contributed by atoms with Gasteiger partial charge in [-0.2, -0.15) is 9.61 Å². The predicted molar refractivity (Wildman–Crippen MR) is 73.1 cm³/mol. The minimum atomic E-state index is 0.389. The van der Waals surface area contributed by atoms with E-state index in [9.17, 15) is 0 Å². The molecule has 19 heavy (non-hydrogen) atoms. The van der Waals surface area contributed by atoms with Crippen LogP contribution >= 0.6 is 22.7 Å². The lowest BCUT2D eigenvalue weighted by Gasteiger charge is -1.93. The zero-order chi connectivity index (χ0) is 13.4. The molecule has 0 aliphatic rings. The highest BCUT2D eigenvalue weighted by molar-refractivity contribution is 7.24. The zero-order valence-corrected chi connectivity index (χ0v) is 12.1. The molecular weight excluding hydrogens is 284 g/mol. The summed E-state index contributed by atoms with van der Waals surface area (Å²) in [5.74, 6) is 0.696. The van der Waals surface area contributed by atoms with Gasteiger partial charge in [0, 0.05) is 13.7 Å². The van der Waals surface area contributed by atoms with Gasteiger partial charge in [0.2, 0.25) is 4.96 Å². The maximum atomic E-state index is 5.62. The van der Waals surface area contributed by atoms with Crippen molar-refractivity contribution in [2.24, 2.45) is 5.73 Å². The number of thiazole rings is 1. The average molecular weight is 296 g/mol. The molecule has 0 radical (unpaired) electrons. The molecule has 3 aromatic heterocycles. The van der Waals surface area contributed by atoms with Gasteiger partial charge in [-0.1, -0.05) is 11.3 Å². The highest BCUT2D eigenvalue weighted by Crippen LogP contribution is 2.33. The third-order valence-electron chi connectivity index (χ3n) is 2.54. The molecule has 0 unspecified atom stereocenters. The molecule has 0 saturated heterocycles. The monoisotopic (exact) mass is 296 g/mol. The molecule has 3 rings (SSSR count). The molecule has 0 fully saturated rings. The molecule has 0 atom stereocenters. The third-order valence-corrected chi connectivity index (χ3v) is 4.77. The van der Waals surface area contributed by atoms with Crippen LogP contribution in [0.2, 0.25) is 0 Å². The summed E-state index contributed by atoms with van der Waals surface area (Å²) in [5.41, 5.74) is 6.56. The fourth-order valence-electron chi connectivity index (χ4n) is 1.71. The fourth-order valence-corrected chi connectivity index (χ4v) is 3.63. The van der Waals surface area contributed by atoms with Crippen LogP contribution in [-0.4, -0.2) is 31.9 Å². The van der Waals surface area contributed by atoms with Crippen molar-refractivity contribution < 1.29 is 4.74 Å². The number of aryl methyl sites for hydroxylation is 1. The first-order valence-corrected chi connectivity index (χ1v) is 7.23. The van der Waals surface area contributed by atoms with Crippen LogP contribution in [0.1, 0.15) is 16.5 Å². The molecule has 0 aromatic carbocycles. The van der Waals surface area contributed by atoms with Crippen LogP contribution < -0.4 is 5.73 Å². The Kier molecular flexibility index (Phi) is 3.27. The first kappa shape index (κ1) is 12.6. The topological polar surface area (TPSA) is 91.2 Å². The molecule has 0 amide bonds. The van der Waals surface area contributed by atoms with E-state index in [-0.39, 0.29) is 0 Å². The van der Waals surface area contributed by atoms with E-state index in [0.717, 1.165) is 25.5 Å². The average Bonchev–Trinajstić information content (AvgIpc) is 3.05. The number of methoxy groups -OCH3 is 1. The molecular formula is C10H12N6OS2. The van der Waals surface area contributed by atoms with Crippen LogP contribution in [-0.2, 0) is 17.9 Å². The van der Waals surface area contributed by atoms with Gasteiger partial charge >= 0.3 is 0 Å². The SMILES string of the molecule is COCc1nnc2sc(-c3sc(CN)nc3C)nn12. The molecule has 0 aliphatic heterocycles. The Hall–Kier alpha value is -1.42. The lowest BCUT2D eigenvalue weighted by Crippen LogP contribution is -1.97. The second kappa shape index (κ2) is 4.93. The number of nitrogens with zero attached hydrogens (tertiary/aromatic N) is 5. The minimum Gasteiger partial charge on any atom is -0.377 e. The van der Waals surface area contributed by atoms with Gasteiger partial charge in [0.15, 0.2) is 10.8 Å². The van der Waals surface area contributed by atoms with E-state index in [1.807, 2.05) is 6.92 Å². The summed E-state index contributed by atoms with van der Waals surface area (Å²) in [4.78, 5) is 6.20. The van der Waals surface area contributed by atoms with Crippen molar-refractivity contribution in [2.45, 2.75) is 20.1 Å². The summed E-state index contributed by atoms with van der Waals surface area (Å²) in [5, 5.41) is 14.4. The fraction of sp³-hybridized carbons (Fsp3) is 0.400. The molecule has 9 heteroatoms. The number of aromatic nitrogens is 5. The Morgan fingerprint density at radius 1 is 1.32 bits per heavy atom. The Balaban J connectivity index is 2.07. The second-order valence-corrected chi connectivity index (χ2v) is 5.92. The standard InChI is InChI=1S/C10H12N6OS2/c1-5-8(18-7(3-11)12-5)9-15-16-6(4-17-2)13-14-10(16)19-9/h3-4,11H2,1-2H3. The van der Waals surface area contributed by atoms with Crippen molar-refractivity contribution in [3.05, 3.63) is 16.5 Å². The van der Waals surface area contributed by atoms with E-state index in [0.29, 0.717) is 19.0 Å². The number of ether oxygens (including phenoxy) is 1. The van der Waals surface area contributed by atoms with Crippen molar-refractivity contribution in [1.29, 1.82) is 0 Å². The quantitative estimate of drug-likeness (QED) is 0.778. The van der Waals surface area contributed by atoms with Gasteiger partial charge < -0.3 is 10.5 Å². The van der Waals surface area contributed by atoms with Crippen molar-refractivity contribution in [3.63, 3.8) is 0 Å². The van der Waals surface area contributed by atoms with Gasteiger partial charge in [0.05, 0.1) is 10.6 Å². The minimum absolute atomic E-state index is 0.389. The number of rotatable bonds is 4. The van der Waals surface area contributed by atoms with Crippen LogP contribution in [0, 0.1) is 6.92 Å². The van der Waals surface area contributed by atoms with Crippen LogP contribution in [0.5, 0.6) is 0 Å². The van der Waals surface area contributed by atoms with Gasteiger partial charge in [-0.05, 0) is 6.92 Å². The van der Waals surface area contributed by atoms with Crippen LogP contribution in [0.3, 0.4) is 0 Å². The largest absolute Gasteiger partial charge is 0.377 e. The Morgan fingerprint density at radius 2 is 2.16 bits per heavy atom. The summed E-state index contributed by atoms with van der Waals surface area (Å²) >= 11 is 3.06. The molecule has 0 saturated carbocycles. The lowest BCUT2D eigenvalue weighted by molar-refractivity contribution is 0.176. The van der Waals surface area contributed by atoms with Crippen molar-refractivity contribution in [2.75, 3.05) is 7.11 Å². The molecule has 3 heterocycles. The number of hydrogen-bond acceptors (Lipinski definition) is 8. The summed E-state index contributed by atoms with van der Waals surface area (Å²) in [6.07, 6.45) is 0. The van der Waals surface area contributed by atoms with Gasteiger partial charge in [-0.25, -0.2) is 4.98 Å². The molecule has 0 spiro atoms. The molecule has 7 nitrogen and oxygen atoms in total. The van der Waals surface area contributed by atoms with E-state index >= 15 is 0 Å². The van der Waals surface area contributed by atoms with E-state index in [1.165, 1.54) is 11.3 Å². The van der Waals surface area contributed by atoms with Crippen molar-refractivity contribution in [1.82, 2.24) is 24.8 Å². The third kappa shape index (κ3) is 2.14. The van der Waals surface area contributed by atoms with Crippen LogP contribution in [0.15, 0.2) is 0 Å². The summed E-state index contributed by atoms with van der Waals surface area (Å²) < 4.78 is 6.78. The Morgan fingerprint density at radius 3 is 2.84 bits per heavy atom. The number of fused-ring (bicyclic) bond motifs is 1. The maximum Gasteiger partial charge on any atom is 0.235 e. The van der Waals surface area contributed by atoms with Gasteiger partial charge in [-0.3, -0.25) is 0 Å². The summed E-state index contributed by atoms with van der Waals surface area (Å²) in [7, 11) is 1.62.